The molecule has 78 valence electrons. The van der Waals surface area contributed by atoms with Gasteiger partial charge in [-0.15, -0.1) is 11.8 Å². The largest absolute Gasteiger partial charge is 0.481 e. The molecular formula is C11H11NO2S. The van der Waals surface area contributed by atoms with Gasteiger partial charge in [-0.2, -0.15) is 5.26 Å². The van der Waals surface area contributed by atoms with Gasteiger partial charge in [-0.25, -0.2) is 0 Å². The summed E-state index contributed by atoms with van der Waals surface area (Å²) in [6.07, 6.45) is -0.0962. The molecule has 0 fully saturated rings. The van der Waals surface area contributed by atoms with Crippen LogP contribution in [0.1, 0.15) is 18.1 Å². The fourth-order valence-corrected chi connectivity index (χ4v) is 2.10. The molecule has 0 heterocycles. The minimum atomic E-state index is -0.912. The first-order valence-corrected chi connectivity index (χ1v) is 5.54. The van der Waals surface area contributed by atoms with E-state index in [-0.39, 0.29) is 6.42 Å². The smallest absolute Gasteiger partial charge is 0.307 e. The molecule has 0 spiro atoms. The highest BCUT2D eigenvalue weighted by Gasteiger charge is 2.10. The summed E-state index contributed by atoms with van der Waals surface area (Å²) in [4.78, 5) is 11.4. The third-order valence-electron chi connectivity index (χ3n) is 1.87. The number of nitriles is 1. The molecule has 0 aromatic heterocycles. The molecule has 0 saturated carbocycles. The van der Waals surface area contributed by atoms with Gasteiger partial charge < -0.3 is 5.11 Å². The highest BCUT2D eigenvalue weighted by Crippen LogP contribution is 2.24. The van der Waals surface area contributed by atoms with E-state index in [4.69, 9.17) is 10.4 Å². The SMILES string of the molecule is CCSc1cccc(CC(=O)O)c1C#N. The summed E-state index contributed by atoms with van der Waals surface area (Å²) in [5, 5.41) is 17.7. The van der Waals surface area contributed by atoms with Gasteiger partial charge in [0.25, 0.3) is 0 Å². The van der Waals surface area contributed by atoms with Gasteiger partial charge in [-0.05, 0) is 17.4 Å². The lowest BCUT2D eigenvalue weighted by Crippen LogP contribution is -2.02. The van der Waals surface area contributed by atoms with E-state index in [0.29, 0.717) is 11.1 Å². The Bertz CT molecular complexity index is 410. The van der Waals surface area contributed by atoms with Crippen molar-refractivity contribution in [1.29, 1.82) is 5.26 Å². The van der Waals surface area contributed by atoms with Crippen LogP contribution < -0.4 is 0 Å². The van der Waals surface area contributed by atoms with E-state index in [2.05, 4.69) is 6.07 Å². The maximum atomic E-state index is 10.6. The molecular weight excluding hydrogens is 210 g/mol. The summed E-state index contributed by atoms with van der Waals surface area (Å²) in [5.41, 5.74) is 1.08. The number of carbonyl (C=O) groups is 1. The first-order chi connectivity index (χ1) is 7.19. The molecule has 0 amide bonds. The summed E-state index contributed by atoms with van der Waals surface area (Å²) < 4.78 is 0. The Morgan fingerprint density at radius 3 is 2.87 bits per heavy atom. The third kappa shape index (κ3) is 3.00. The molecule has 1 N–H and O–H groups in total. The van der Waals surface area contributed by atoms with Crippen LogP contribution in [-0.4, -0.2) is 16.8 Å². The second-order valence-electron chi connectivity index (χ2n) is 2.91. The van der Waals surface area contributed by atoms with Crippen molar-refractivity contribution >= 4 is 17.7 Å². The molecule has 1 rings (SSSR count). The lowest BCUT2D eigenvalue weighted by molar-refractivity contribution is -0.136. The summed E-state index contributed by atoms with van der Waals surface area (Å²) in [6, 6.07) is 7.39. The highest BCUT2D eigenvalue weighted by molar-refractivity contribution is 7.99. The lowest BCUT2D eigenvalue weighted by atomic mass is 10.1. The predicted octanol–water partition coefficient (Wildman–Crippen LogP) is 2.30. The number of carboxylic acid groups (broad SMARTS) is 1. The first-order valence-electron chi connectivity index (χ1n) is 4.55. The zero-order valence-corrected chi connectivity index (χ0v) is 9.17. The van der Waals surface area contributed by atoms with Crippen LogP contribution in [0.25, 0.3) is 0 Å². The average Bonchev–Trinajstić information content (AvgIpc) is 2.18. The fraction of sp³-hybridized carbons (Fsp3) is 0.273. The molecule has 0 aliphatic heterocycles. The lowest BCUT2D eigenvalue weighted by Gasteiger charge is -2.05. The first kappa shape index (κ1) is 11.6. The van der Waals surface area contributed by atoms with E-state index in [0.717, 1.165) is 10.6 Å². The van der Waals surface area contributed by atoms with Crippen LogP contribution in [0.4, 0.5) is 0 Å². The third-order valence-corrected chi connectivity index (χ3v) is 2.81. The normalized spacial score (nSPS) is 9.60. The molecule has 0 aliphatic rings. The Kier molecular flexibility index (Phi) is 4.19. The second-order valence-corrected chi connectivity index (χ2v) is 4.21. The number of nitrogens with zero attached hydrogens (tertiary/aromatic N) is 1. The molecule has 0 radical (unpaired) electrons. The molecule has 1 aromatic carbocycles. The van der Waals surface area contributed by atoms with Crippen LogP contribution >= 0.6 is 11.8 Å². The number of carboxylic acids is 1. The van der Waals surface area contributed by atoms with E-state index in [1.54, 1.807) is 23.9 Å². The Hall–Kier alpha value is -1.47. The van der Waals surface area contributed by atoms with Gasteiger partial charge in [-0.3, -0.25) is 4.79 Å². The Morgan fingerprint density at radius 2 is 2.33 bits per heavy atom. The van der Waals surface area contributed by atoms with Gasteiger partial charge in [0.15, 0.2) is 0 Å². The summed E-state index contributed by atoms with van der Waals surface area (Å²) in [5.74, 6) is -0.0456. The van der Waals surface area contributed by atoms with Crippen molar-refractivity contribution in [2.45, 2.75) is 18.2 Å². The Balaban J connectivity index is 3.11. The average molecular weight is 221 g/mol. The van der Waals surface area contributed by atoms with Crippen molar-refractivity contribution in [3.8, 4) is 6.07 Å². The number of benzene rings is 1. The van der Waals surface area contributed by atoms with Crippen LogP contribution in [0.3, 0.4) is 0 Å². The molecule has 0 aliphatic carbocycles. The van der Waals surface area contributed by atoms with Gasteiger partial charge in [0.1, 0.15) is 6.07 Å². The van der Waals surface area contributed by atoms with Crippen LogP contribution in [0.5, 0.6) is 0 Å². The quantitative estimate of drug-likeness (QED) is 0.792. The minimum Gasteiger partial charge on any atom is -0.481 e. The molecule has 0 saturated heterocycles. The zero-order chi connectivity index (χ0) is 11.3. The van der Waals surface area contributed by atoms with Crippen molar-refractivity contribution in [3.05, 3.63) is 29.3 Å². The topological polar surface area (TPSA) is 61.1 Å². The molecule has 0 bridgehead atoms. The van der Waals surface area contributed by atoms with Gasteiger partial charge in [-0.1, -0.05) is 19.1 Å². The van der Waals surface area contributed by atoms with Crippen LogP contribution in [0.15, 0.2) is 23.1 Å². The monoisotopic (exact) mass is 221 g/mol. The van der Waals surface area contributed by atoms with Gasteiger partial charge >= 0.3 is 5.97 Å². The Labute approximate surface area is 92.7 Å². The molecule has 15 heavy (non-hydrogen) atoms. The van der Waals surface area contributed by atoms with Crippen molar-refractivity contribution < 1.29 is 9.90 Å². The van der Waals surface area contributed by atoms with Crippen molar-refractivity contribution in [2.75, 3.05) is 5.75 Å². The number of rotatable bonds is 4. The molecule has 0 atom stereocenters. The maximum Gasteiger partial charge on any atom is 0.307 e. The van der Waals surface area contributed by atoms with Gasteiger partial charge in [0.2, 0.25) is 0 Å². The Morgan fingerprint density at radius 1 is 1.60 bits per heavy atom. The van der Waals surface area contributed by atoms with Crippen molar-refractivity contribution in [3.63, 3.8) is 0 Å². The number of hydrogen-bond donors (Lipinski definition) is 1. The summed E-state index contributed by atoms with van der Waals surface area (Å²) >= 11 is 1.55. The molecule has 3 nitrogen and oxygen atoms in total. The standard InChI is InChI=1S/C11H11NO2S/c1-2-15-10-5-3-4-8(6-11(13)14)9(10)7-12/h3-5H,2,6H2,1H3,(H,13,14). The highest BCUT2D eigenvalue weighted by atomic mass is 32.2. The fourth-order valence-electron chi connectivity index (χ4n) is 1.29. The summed E-state index contributed by atoms with van der Waals surface area (Å²) in [6.45, 7) is 2.00. The zero-order valence-electron chi connectivity index (χ0n) is 8.36. The van der Waals surface area contributed by atoms with Crippen molar-refractivity contribution in [2.24, 2.45) is 0 Å². The molecule has 0 unspecified atom stereocenters. The molecule has 1 aromatic rings. The van der Waals surface area contributed by atoms with E-state index in [1.807, 2.05) is 13.0 Å². The number of aliphatic carboxylic acids is 1. The van der Waals surface area contributed by atoms with Crippen LogP contribution in [0.2, 0.25) is 0 Å². The van der Waals surface area contributed by atoms with Gasteiger partial charge in [0.05, 0.1) is 12.0 Å². The number of hydrogen-bond acceptors (Lipinski definition) is 3. The summed E-state index contributed by atoms with van der Waals surface area (Å²) in [7, 11) is 0. The molecule has 4 heteroatoms. The van der Waals surface area contributed by atoms with Crippen LogP contribution in [-0.2, 0) is 11.2 Å². The van der Waals surface area contributed by atoms with E-state index in [1.165, 1.54) is 0 Å². The minimum absolute atomic E-state index is 0.0962. The van der Waals surface area contributed by atoms with Crippen LogP contribution in [0, 0.1) is 11.3 Å². The van der Waals surface area contributed by atoms with Crippen molar-refractivity contribution in [1.82, 2.24) is 0 Å². The van der Waals surface area contributed by atoms with E-state index < -0.39 is 5.97 Å². The van der Waals surface area contributed by atoms with E-state index in [9.17, 15) is 4.79 Å². The predicted molar refractivity (Wildman–Crippen MR) is 58.9 cm³/mol. The van der Waals surface area contributed by atoms with Gasteiger partial charge in [0, 0.05) is 4.90 Å². The maximum absolute atomic E-state index is 10.6. The second kappa shape index (κ2) is 5.42. The van der Waals surface area contributed by atoms with E-state index >= 15 is 0 Å². The number of thioether (sulfide) groups is 1.